The van der Waals surface area contributed by atoms with Gasteiger partial charge in [0.05, 0.1) is 53.7 Å². The number of aryl methyl sites for hydroxylation is 1. The molecule has 5 aromatic rings. The van der Waals surface area contributed by atoms with Crippen molar-refractivity contribution in [3.8, 4) is 33.1 Å². The van der Waals surface area contributed by atoms with Gasteiger partial charge in [0.15, 0.2) is 0 Å². The van der Waals surface area contributed by atoms with Crippen molar-refractivity contribution < 1.29 is 19.1 Å². The number of likely N-dealkylation sites (N-methyl/N-ethyl adjacent to an activating group) is 1. The van der Waals surface area contributed by atoms with E-state index in [1.807, 2.05) is 37.2 Å². The van der Waals surface area contributed by atoms with Crippen LogP contribution in [0.3, 0.4) is 0 Å². The second-order valence-electron chi connectivity index (χ2n) is 13.1. The summed E-state index contributed by atoms with van der Waals surface area (Å²) >= 11 is 1.65. The normalized spacial score (nSPS) is 15.0. The molecular formula is C37H45N9O4S. The Labute approximate surface area is 301 Å². The molecule has 0 aliphatic carbocycles. The molecule has 1 aliphatic heterocycles. The van der Waals surface area contributed by atoms with Gasteiger partial charge in [-0.05, 0) is 56.3 Å². The van der Waals surface area contributed by atoms with Gasteiger partial charge in [-0.3, -0.25) is 9.59 Å². The van der Waals surface area contributed by atoms with Crippen molar-refractivity contribution in [2.45, 2.75) is 58.0 Å². The molecule has 1 saturated heterocycles. The summed E-state index contributed by atoms with van der Waals surface area (Å²) in [4.78, 5) is 59.9. The Kier molecular flexibility index (Phi) is 11.4. The summed E-state index contributed by atoms with van der Waals surface area (Å²) in [5, 5.41) is 9.39. The van der Waals surface area contributed by atoms with E-state index in [2.05, 4.69) is 72.3 Å². The van der Waals surface area contributed by atoms with Crippen LogP contribution >= 0.6 is 11.3 Å². The first-order valence-corrected chi connectivity index (χ1v) is 18.2. The van der Waals surface area contributed by atoms with Gasteiger partial charge in [-0.2, -0.15) is 0 Å². The number of hydrogen-bond acceptors (Lipinski definition) is 9. The molecule has 268 valence electrons. The molecule has 0 spiro atoms. The third kappa shape index (κ3) is 8.46. The van der Waals surface area contributed by atoms with Crippen molar-refractivity contribution in [2.24, 2.45) is 5.92 Å². The van der Waals surface area contributed by atoms with Crippen LogP contribution in [0.15, 0.2) is 54.9 Å². The SMILES string of the molecule is CNCC(=O)NCCCCc1ncc(-c2ccc3nc(-c4ccc(-c5cnc(C6CCCN6C(=O)C(NC(=O)OC)C(C)C)[nH]5)cc4)sc3c2)[nH]1. The number of thiazole rings is 1. The molecule has 51 heavy (non-hydrogen) atoms. The number of amides is 3. The third-order valence-electron chi connectivity index (χ3n) is 9.11. The highest BCUT2D eigenvalue weighted by atomic mass is 32.1. The Balaban J connectivity index is 1.09. The number of alkyl carbamates (subject to hydrolysis) is 1. The summed E-state index contributed by atoms with van der Waals surface area (Å²) in [6.07, 6.45) is 7.36. The molecule has 2 aromatic carbocycles. The van der Waals surface area contributed by atoms with Gasteiger partial charge < -0.3 is 35.6 Å². The van der Waals surface area contributed by atoms with Crippen molar-refractivity contribution in [1.82, 2.24) is 45.8 Å². The number of nitrogens with one attached hydrogen (secondary N) is 5. The minimum Gasteiger partial charge on any atom is -0.453 e. The predicted molar refractivity (Wildman–Crippen MR) is 198 cm³/mol. The summed E-state index contributed by atoms with van der Waals surface area (Å²) in [5.74, 6) is 1.45. The van der Waals surface area contributed by atoms with Gasteiger partial charge in [0.2, 0.25) is 11.8 Å². The number of aromatic amines is 2. The molecule has 14 heteroatoms. The van der Waals surface area contributed by atoms with E-state index < -0.39 is 12.1 Å². The lowest BCUT2D eigenvalue weighted by Crippen LogP contribution is -2.51. The fraction of sp³-hybridized carbons (Fsp3) is 0.405. The Morgan fingerprint density at radius 3 is 2.51 bits per heavy atom. The molecule has 2 unspecified atom stereocenters. The molecule has 6 rings (SSSR count). The fourth-order valence-corrected chi connectivity index (χ4v) is 7.37. The lowest BCUT2D eigenvalue weighted by atomic mass is 10.0. The van der Waals surface area contributed by atoms with E-state index >= 15 is 0 Å². The van der Waals surface area contributed by atoms with E-state index in [1.165, 1.54) is 7.11 Å². The summed E-state index contributed by atoms with van der Waals surface area (Å²) in [7, 11) is 3.05. The van der Waals surface area contributed by atoms with E-state index in [0.29, 0.717) is 19.6 Å². The van der Waals surface area contributed by atoms with Crippen LogP contribution in [-0.2, 0) is 20.7 Å². The van der Waals surface area contributed by atoms with Crippen LogP contribution in [0, 0.1) is 5.92 Å². The quantitative estimate of drug-likeness (QED) is 0.0948. The number of benzene rings is 2. The molecule has 2 atom stereocenters. The van der Waals surface area contributed by atoms with Crippen LogP contribution in [0.1, 0.15) is 57.2 Å². The number of aromatic nitrogens is 5. The predicted octanol–water partition coefficient (Wildman–Crippen LogP) is 5.45. The van der Waals surface area contributed by atoms with Crippen molar-refractivity contribution in [3.63, 3.8) is 0 Å². The maximum absolute atomic E-state index is 13.5. The number of rotatable bonds is 14. The molecule has 5 N–H and O–H groups in total. The summed E-state index contributed by atoms with van der Waals surface area (Å²) in [6, 6.07) is 13.6. The number of hydrogen-bond donors (Lipinski definition) is 5. The zero-order valence-electron chi connectivity index (χ0n) is 29.4. The van der Waals surface area contributed by atoms with E-state index in [-0.39, 0.29) is 23.8 Å². The molecule has 3 aromatic heterocycles. The van der Waals surface area contributed by atoms with Crippen molar-refractivity contribution >= 4 is 39.5 Å². The average molecular weight is 712 g/mol. The maximum atomic E-state index is 13.5. The number of unbranched alkanes of at least 4 members (excludes halogenated alkanes) is 1. The number of ether oxygens (including phenoxy) is 1. The topological polar surface area (TPSA) is 170 Å². The summed E-state index contributed by atoms with van der Waals surface area (Å²) in [6.45, 7) is 5.41. The van der Waals surface area contributed by atoms with Crippen LogP contribution in [0.4, 0.5) is 4.79 Å². The number of imidazole rings is 2. The largest absolute Gasteiger partial charge is 0.453 e. The number of carbonyl (C=O) groups excluding carboxylic acids is 3. The fourth-order valence-electron chi connectivity index (χ4n) is 6.36. The molecular weight excluding hydrogens is 667 g/mol. The van der Waals surface area contributed by atoms with Crippen molar-refractivity contribution in [3.05, 3.63) is 66.5 Å². The van der Waals surface area contributed by atoms with Crippen molar-refractivity contribution in [1.29, 1.82) is 0 Å². The monoisotopic (exact) mass is 711 g/mol. The first-order valence-electron chi connectivity index (χ1n) is 17.4. The zero-order valence-corrected chi connectivity index (χ0v) is 30.2. The number of carbonyl (C=O) groups is 3. The number of nitrogens with zero attached hydrogens (tertiary/aromatic N) is 4. The number of fused-ring (bicyclic) bond motifs is 1. The summed E-state index contributed by atoms with van der Waals surface area (Å²) < 4.78 is 5.84. The number of H-pyrrole nitrogens is 2. The Bertz CT molecular complexity index is 1970. The highest BCUT2D eigenvalue weighted by Crippen LogP contribution is 2.35. The second kappa shape index (κ2) is 16.3. The zero-order chi connectivity index (χ0) is 35.9. The number of methoxy groups -OCH3 is 1. The minimum absolute atomic E-state index is 0.0108. The van der Waals surface area contributed by atoms with Crippen LogP contribution in [0.25, 0.3) is 43.3 Å². The molecule has 3 amide bonds. The Hall–Kier alpha value is -5.08. The second-order valence-corrected chi connectivity index (χ2v) is 14.1. The van der Waals surface area contributed by atoms with Gasteiger partial charge >= 0.3 is 6.09 Å². The van der Waals surface area contributed by atoms with Gasteiger partial charge in [0.25, 0.3) is 0 Å². The first-order chi connectivity index (χ1) is 24.7. The van der Waals surface area contributed by atoms with Gasteiger partial charge in [0, 0.05) is 30.6 Å². The van der Waals surface area contributed by atoms with E-state index in [0.717, 1.165) is 87.1 Å². The average Bonchev–Trinajstić information content (AvgIpc) is 3.96. The van der Waals surface area contributed by atoms with Gasteiger partial charge in [-0.15, -0.1) is 11.3 Å². The first kappa shape index (κ1) is 35.7. The van der Waals surface area contributed by atoms with Crippen LogP contribution < -0.4 is 16.0 Å². The van der Waals surface area contributed by atoms with E-state index in [1.54, 1.807) is 18.4 Å². The highest BCUT2D eigenvalue weighted by molar-refractivity contribution is 7.21. The molecule has 13 nitrogen and oxygen atoms in total. The van der Waals surface area contributed by atoms with Crippen LogP contribution in [-0.4, -0.2) is 87.6 Å². The Morgan fingerprint density at radius 1 is 1.00 bits per heavy atom. The van der Waals surface area contributed by atoms with Gasteiger partial charge in [-0.25, -0.2) is 19.7 Å². The van der Waals surface area contributed by atoms with E-state index in [9.17, 15) is 14.4 Å². The molecule has 1 aliphatic rings. The minimum atomic E-state index is -0.677. The molecule has 0 bridgehead atoms. The van der Waals surface area contributed by atoms with Gasteiger partial charge in [0.1, 0.15) is 22.7 Å². The van der Waals surface area contributed by atoms with Crippen LogP contribution in [0.5, 0.6) is 0 Å². The highest BCUT2D eigenvalue weighted by Gasteiger charge is 2.37. The molecule has 0 radical (unpaired) electrons. The summed E-state index contributed by atoms with van der Waals surface area (Å²) in [5.41, 5.74) is 5.85. The lowest BCUT2D eigenvalue weighted by Gasteiger charge is -2.30. The Morgan fingerprint density at radius 2 is 1.75 bits per heavy atom. The molecule has 1 fully saturated rings. The molecule has 0 saturated carbocycles. The number of likely N-dealkylation sites (tertiary alicyclic amines) is 1. The van der Waals surface area contributed by atoms with E-state index in [4.69, 9.17) is 9.72 Å². The smallest absolute Gasteiger partial charge is 0.407 e. The standard InChI is InChI=1S/C37H45N9O4S/c1-22(2)33(45-37(49)50-4)36(48)46-17-7-8-29(46)34-41-20-27(43-34)23-10-12-24(13-11-23)35-44-26-15-14-25(18-30(26)51-35)28-19-40-31(42-28)9-5-6-16-39-32(47)21-38-3/h10-15,18-20,22,29,33,38H,5-9,16-17,21H2,1-4H3,(H,39,47)(H,40,42)(H,41,43)(H,45,49). The third-order valence-corrected chi connectivity index (χ3v) is 10.2. The molecule has 4 heterocycles. The maximum Gasteiger partial charge on any atom is 0.407 e. The van der Waals surface area contributed by atoms with Crippen molar-refractivity contribution in [2.75, 3.05) is 33.8 Å². The van der Waals surface area contributed by atoms with Crippen LogP contribution in [0.2, 0.25) is 0 Å². The lowest BCUT2D eigenvalue weighted by molar-refractivity contribution is -0.135. The van der Waals surface area contributed by atoms with Gasteiger partial charge in [-0.1, -0.05) is 44.2 Å².